The van der Waals surface area contributed by atoms with E-state index in [0.717, 1.165) is 23.4 Å². The van der Waals surface area contributed by atoms with Gasteiger partial charge in [-0.1, -0.05) is 36.0 Å². The van der Waals surface area contributed by atoms with Crippen molar-refractivity contribution in [1.82, 2.24) is 4.90 Å². The maximum absolute atomic E-state index is 13.0. The standard InChI is InChI=1S/C34H33N3O5S3.HI/c1-21(38)32-23(20-44-34-31(33(42)37(32)34)27(39)11-7-13-30(40)41)19-43-17-16-36-15-14-22(24-8-3-4-9-25(24)36)18-29-35(2)26-10-5-6-12-28(26)45-29;/h3-6,8-10,12,14-15,18,31,34H,7,11,13,16-17,19-20H2,1-2H3;1H. The van der Waals surface area contributed by atoms with Gasteiger partial charge < -0.3 is 34.0 Å². The quantitative estimate of drug-likeness (QED) is 0.0978. The normalized spacial score (nSPS) is 19.5. The highest BCUT2D eigenvalue weighted by atomic mass is 127. The molecule has 8 nitrogen and oxygen atoms in total. The third-order valence-electron chi connectivity index (χ3n) is 8.30. The molecule has 0 aliphatic carbocycles. The van der Waals surface area contributed by atoms with E-state index < -0.39 is 11.9 Å². The number of carboxylic acid groups (broad SMARTS) is 1. The zero-order chi connectivity index (χ0) is 31.7. The number of pyridine rings is 1. The zero-order valence-electron chi connectivity index (χ0n) is 25.5. The molecule has 0 bridgehead atoms. The number of aliphatic carboxylic acids is 1. The highest BCUT2D eigenvalue weighted by Gasteiger charge is 2.55. The number of benzene rings is 2. The van der Waals surface area contributed by atoms with Crippen LogP contribution in [-0.2, 0) is 25.7 Å². The maximum atomic E-state index is 13.0. The molecule has 2 atom stereocenters. The number of hydrogen-bond donors (Lipinski definition) is 1. The summed E-state index contributed by atoms with van der Waals surface area (Å²) in [5.74, 6) is -0.457. The third-order valence-corrected chi connectivity index (χ3v) is 11.8. The van der Waals surface area contributed by atoms with Crippen molar-refractivity contribution in [3.63, 3.8) is 0 Å². The van der Waals surface area contributed by atoms with Crippen molar-refractivity contribution >= 4 is 81.4 Å². The molecule has 0 radical (unpaired) electrons. The number of thioether (sulfide) groups is 3. The molecule has 0 saturated carbocycles. The average Bonchev–Trinajstić information content (AvgIpc) is 3.34. The summed E-state index contributed by atoms with van der Waals surface area (Å²) in [6.45, 7) is 2.26. The van der Waals surface area contributed by atoms with Crippen molar-refractivity contribution < 1.29 is 52.8 Å². The summed E-state index contributed by atoms with van der Waals surface area (Å²) in [7, 11) is 2.10. The molecule has 3 aromatic rings. The van der Waals surface area contributed by atoms with Crippen LogP contribution in [0.3, 0.4) is 0 Å². The first-order valence-corrected chi connectivity index (χ1v) is 17.9. The Kier molecular flexibility index (Phi) is 11.2. The Labute approximate surface area is 298 Å². The van der Waals surface area contributed by atoms with E-state index in [1.807, 2.05) is 0 Å². The van der Waals surface area contributed by atoms with Crippen LogP contribution >= 0.6 is 35.3 Å². The number of carbonyl (C=O) groups excluding carboxylic acids is 3. The molecule has 4 heterocycles. The van der Waals surface area contributed by atoms with Gasteiger partial charge in [-0.25, -0.2) is 0 Å². The highest BCUT2D eigenvalue weighted by molar-refractivity contribution is 8.04. The van der Waals surface area contributed by atoms with Crippen LogP contribution in [-0.4, -0.2) is 63.1 Å². The molecule has 3 aliphatic rings. The number of allylic oxidation sites excluding steroid dienone is 1. The zero-order valence-corrected chi connectivity index (χ0v) is 30.1. The van der Waals surface area contributed by atoms with Gasteiger partial charge >= 0.3 is 5.97 Å². The number of aromatic nitrogens is 1. The van der Waals surface area contributed by atoms with Crippen LogP contribution in [0.2, 0.25) is 0 Å². The molecule has 2 unspecified atom stereocenters. The molecule has 2 aromatic carbocycles. The van der Waals surface area contributed by atoms with Gasteiger partial charge in [0.05, 0.1) is 27.6 Å². The van der Waals surface area contributed by atoms with Crippen molar-refractivity contribution in [2.24, 2.45) is 5.92 Å². The topological polar surface area (TPSA) is 98.9 Å². The second-order valence-corrected chi connectivity index (χ2v) is 14.5. The van der Waals surface area contributed by atoms with E-state index in [4.69, 9.17) is 5.11 Å². The first-order chi connectivity index (χ1) is 21.7. The molecule has 6 rings (SSSR count). The maximum Gasteiger partial charge on any atom is 0.303 e. The lowest BCUT2D eigenvalue weighted by molar-refractivity contribution is -0.666. The van der Waals surface area contributed by atoms with Gasteiger partial charge in [-0.3, -0.25) is 24.1 Å². The van der Waals surface area contributed by atoms with Crippen LogP contribution in [0, 0.1) is 5.92 Å². The summed E-state index contributed by atoms with van der Waals surface area (Å²) in [4.78, 5) is 54.2. The molecule has 1 N–H and O–H groups in total. The number of β-lactam (4-membered cyclic amide) rings is 1. The van der Waals surface area contributed by atoms with E-state index in [1.54, 1.807) is 23.5 Å². The fourth-order valence-electron chi connectivity index (χ4n) is 6.06. The molecule has 0 spiro atoms. The number of carboxylic acids is 1. The molecule has 46 heavy (non-hydrogen) atoms. The van der Waals surface area contributed by atoms with Crippen LogP contribution in [0.15, 0.2) is 82.0 Å². The lowest BCUT2D eigenvalue weighted by Gasteiger charge is -2.49. The van der Waals surface area contributed by atoms with Crippen LogP contribution in [0.1, 0.15) is 31.7 Å². The average molecular weight is 788 g/mol. The van der Waals surface area contributed by atoms with Crippen molar-refractivity contribution in [2.75, 3.05) is 29.2 Å². The van der Waals surface area contributed by atoms with Gasteiger partial charge in [-0.2, -0.15) is 16.3 Å². The Balaban J connectivity index is 0.00000417. The van der Waals surface area contributed by atoms with E-state index in [1.165, 1.54) is 50.1 Å². The number of amides is 1. The largest absolute Gasteiger partial charge is 1.00 e. The molecule has 1 saturated heterocycles. The van der Waals surface area contributed by atoms with Crippen molar-refractivity contribution in [3.05, 3.63) is 82.7 Å². The second kappa shape index (κ2) is 15.0. The fourth-order valence-corrected chi connectivity index (χ4v) is 9.68. The Bertz CT molecular complexity index is 1780. The number of aryl methyl sites for hydroxylation is 1. The van der Waals surface area contributed by atoms with E-state index in [2.05, 4.69) is 83.4 Å². The molecular weight excluding hydrogens is 753 g/mol. The van der Waals surface area contributed by atoms with E-state index in [-0.39, 0.29) is 66.1 Å². The number of ketones is 2. The number of rotatable bonds is 12. The second-order valence-electron chi connectivity index (χ2n) is 11.3. The Hall–Kier alpha value is -2.81. The Morgan fingerprint density at radius 1 is 1.09 bits per heavy atom. The number of Topliss-reactive ketones (excluding diaryl/α,β-unsaturated/α-hetero) is 2. The van der Waals surface area contributed by atoms with E-state index in [0.29, 0.717) is 17.2 Å². The fraction of sp³-hybridized carbons (Fsp3) is 0.324. The lowest BCUT2D eigenvalue weighted by Crippen LogP contribution is -3.00. The van der Waals surface area contributed by atoms with Crippen molar-refractivity contribution in [2.45, 2.75) is 43.0 Å². The first kappa shape index (κ1) is 34.5. The van der Waals surface area contributed by atoms with Crippen LogP contribution in [0.4, 0.5) is 5.69 Å². The highest BCUT2D eigenvalue weighted by Crippen LogP contribution is 2.46. The van der Waals surface area contributed by atoms with E-state index in [9.17, 15) is 19.2 Å². The monoisotopic (exact) mass is 787 g/mol. The summed E-state index contributed by atoms with van der Waals surface area (Å²) >= 11 is 5.03. The number of halogens is 1. The summed E-state index contributed by atoms with van der Waals surface area (Å²) in [5.41, 5.74) is 4.89. The first-order valence-electron chi connectivity index (χ1n) is 14.9. The number of carbonyl (C=O) groups is 4. The summed E-state index contributed by atoms with van der Waals surface area (Å²) in [6.07, 6.45) is 4.56. The third kappa shape index (κ3) is 6.90. The minimum Gasteiger partial charge on any atom is -1.00 e. The van der Waals surface area contributed by atoms with Gasteiger partial charge in [0, 0.05) is 55.3 Å². The molecular formula is C34H34IN3O5S3. The molecule has 1 amide bonds. The van der Waals surface area contributed by atoms with E-state index >= 15 is 0 Å². The predicted octanol–water partition coefficient (Wildman–Crippen LogP) is 2.60. The van der Waals surface area contributed by atoms with Gasteiger partial charge in [0.25, 0.3) is 0 Å². The summed E-state index contributed by atoms with van der Waals surface area (Å²) in [6, 6.07) is 19.0. The van der Waals surface area contributed by atoms with Crippen molar-refractivity contribution in [3.8, 4) is 0 Å². The summed E-state index contributed by atoms with van der Waals surface area (Å²) < 4.78 is 2.26. The Morgan fingerprint density at radius 3 is 2.61 bits per heavy atom. The summed E-state index contributed by atoms with van der Waals surface area (Å²) in [5, 5.41) is 10.8. The van der Waals surface area contributed by atoms with Crippen LogP contribution in [0.25, 0.3) is 17.0 Å². The number of para-hydroxylation sites is 2. The number of hydrogen-bond acceptors (Lipinski definition) is 8. The number of fused-ring (bicyclic) bond motifs is 3. The smallest absolute Gasteiger partial charge is 0.303 e. The van der Waals surface area contributed by atoms with Crippen molar-refractivity contribution in [1.29, 1.82) is 0 Å². The van der Waals surface area contributed by atoms with Crippen LogP contribution in [0.5, 0.6) is 0 Å². The SMILES string of the molecule is CC(=O)C1=C(CSCC[n+]2ccc(C=C3Sc4ccccc4N3C)c3ccccc32)CSC2C(C(=O)CCCC(=O)O)C(=O)N12.[I-]. The molecule has 1 aromatic heterocycles. The molecule has 240 valence electrons. The predicted molar refractivity (Wildman–Crippen MR) is 181 cm³/mol. The van der Waals surface area contributed by atoms with Crippen LogP contribution < -0.4 is 33.4 Å². The molecule has 1 fully saturated rings. The number of anilines is 1. The molecule has 12 heteroatoms. The van der Waals surface area contributed by atoms with Gasteiger partial charge in [0.2, 0.25) is 11.4 Å². The van der Waals surface area contributed by atoms with Gasteiger partial charge in [-0.15, -0.1) is 11.8 Å². The Morgan fingerprint density at radius 2 is 1.85 bits per heavy atom. The number of nitrogens with zero attached hydrogens (tertiary/aromatic N) is 3. The van der Waals surface area contributed by atoms with Gasteiger partial charge in [-0.05, 0) is 41.8 Å². The lowest BCUT2D eigenvalue weighted by atomic mass is 9.88. The van der Waals surface area contributed by atoms with Gasteiger partial charge in [0.15, 0.2) is 18.5 Å². The van der Waals surface area contributed by atoms with Gasteiger partial charge in [0.1, 0.15) is 17.1 Å². The minimum atomic E-state index is -0.959. The minimum absolute atomic E-state index is 0. The molecule has 3 aliphatic heterocycles.